The number of methoxy groups -OCH3 is 1. The van der Waals surface area contributed by atoms with Crippen molar-refractivity contribution in [3.8, 4) is 0 Å². The second-order valence-electron chi connectivity index (χ2n) is 6.28. The van der Waals surface area contributed by atoms with Gasteiger partial charge in [0.05, 0.1) is 24.5 Å². The van der Waals surface area contributed by atoms with Crippen LogP contribution >= 0.6 is 0 Å². The zero-order valence-electron chi connectivity index (χ0n) is 12.8. The molecule has 0 spiro atoms. The molecule has 1 aromatic rings. The molecule has 0 heterocycles. The summed E-state index contributed by atoms with van der Waals surface area (Å²) in [4.78, 5) is 35.4. The van der Waals surface area contributed by atoms with E-state index in [9.17, 15) is 19.5 Å². The average molecular weight is 317 g/mol. The standard InChI is InChI=1S/C17H19NO5/c1-23-17(22)9-4-6-12(7-5-9)18-15(19)13-10-2-3-11(8-10)14(13)16(20)21/h4-7,10-11,13-14H,2-3,8H2,1H3,(H,18,19)(H,20,21)/t10-,11+,13-,14+/m1/s1. The van der Waals surface area contributed by atoms with Crippen molar-refractivity contribution in [2.24, 2.45) is 23.7 Å². The summed E-state index contributed by atoms with van der Waals surface area (Å²) in [5.74, 6) is -2.32. The summed E-state index contributed by atoms with van der Waals surface area (Å²) in [6.45, 7) is 0. The summed E-state index contributed by atoms with van der Waals surface area (Å²) in [5.41, 5.74) is 0.948. The number of nitrogens with one attached hydrogen (secondary N) is 1. The Morgan fingerprint density at radius 3 is 2.26 bits per heavy atom. The van der Waals surface area contributed by atoms with Gasteiger partial charge >= 0.3 is 11.9 Å². The number of ether oxygens (including phenoxy) is 1. The van der Waals surface area contributed by atoms with Gasteiger partial charge in [-0.3, -0.25) is 9.59 Å². The fourth-order valence-corrected chi connectivity index (χ4v) is 4.06. The number of carbonyl (C=O) groups is 3. The minimum absolute atomic E-state index is 0.120. The van der Waals surface area contributed by atoms with Crippen molar-refractivity contribution < 1.29 is 24.2 Å². The molecule has 2 aliphatic carbocycles. The van der Waals surface area contributed by atoms with Crippen LogP contribution in [-0.4, -0.2) is 30.1 Å². The molecule has 0 aromatic heterocycles. The normalized spacial score (nSPS) is 28.4. The molecule has 2 bridgehead atoms. The molecule has 2 fully saturated rings. The van der Waals surface area contributed by atoms with Crippen molar-refractivity contribution >= 4 is 23.5 Å². The first-order valence-electron chi connectivity index (χ1n) is 7.73. The fraction of sp³-hybridized carbons (Fsp3) is 0.471. The van der Waals surface area contributed by atoms with Gasteiger partial charge in [0.1, 0.15) is 0 Å². The molecule has 2 aliphatic rings. The van der Waals surface area contributed by atoms with E-state index >= 15 is 0 Å². The number of carboxylic acid groups (broad SMARTS) is 1. The maximum absolute atomic E-state index is 12.5. The highest BCUT2D eigenvalue weighted by molar-refractivity contribution is 5.96. The zero-order valence-corrected chi connectivity index (χ0v) is 12.8. The molecular formula is C17H19NO5. The summed E-state index contributed by atoms with van der Waals surface area (Å²) in [6.07, 6.45) is 2.66. The van der Waals surface area contributed by atoms with Gasteiger partial charge in [-0.1, -0.05) is 0 Å². The number of carbonyl (C=O) groups excluding carboxylic acids is 2. The predicted molar refractivity (Wildman–Crippen MR) is 81.9 cm³/mol. The molecule has 6 heteroatoms. The molecule has 2 saturated carbocycles. The molecule has 1 amide bonds. The molecule has 0 aliphatic heterocycles. The third kappa shape index (κ3) is 2.81. The highest BCUT2D eigenvalue weighted by Gasteiger charge is 2.53. The number of anilines is 1. The van der Waals surface area contributed by atoms with Crippen LogP contribution in [0.15, 0.2) is 24.3 Å². The largest absolute Gasteiger partial charge is 0.481 e. The van der Waals surface area contributed by atoms with Gasteiger partial charge in [-0.15, -0.1) is 0 Å². The molecule has 23 heavy (non-hydrogen) atoms. The van der Waals surface area contributed by atoms with Crippen LogP contribution in [0.1, 0.15) is 29.6 Å². The van der Waals surface area contributed by atoms with Crippen molar-refractivity contribution in [3.63, 3.8) is 0 Å². The van der Waals surface area contributed by atoms with E-state index in [0.29, 0.717) is 11.3 Å². The lowest BCUT2D eigenvalue weighted by Gasteiger charge is -2.27. The van der Waals surface area contributed by atoms with Crippen molar-refractivity contribution in [1.82, 2.24) is 0 Å². The molecule has 6 nitrogen and oxygen atoms in total. The molecule has 0 unspecified atom stereocenters. The Kier molecular flexibility index (Phi) is 4.07. The van der Waals surface area contributed by atoms with Crippen LogP contribution in [0.2, 0.25) is 0 Å². The van der Waals surface area contributed by atoms with E-state index in [1.165, 1.54) is 7.11 Å². The molecule has 0 saturated heterocycles. The number of fused-ring (bicyclic) bond motifs is 2. The molecule has 2 N–H and O–H groups in total. The van der Waals surface area contributed by atoms with Crippen LogP contribution in [0.3, 0.4) is 0 Å². The van der Waals surface area contributed by atoms with Crippen LogP contribution in [0.5, 0.6) is 0 Å². The lowest BCUT2D eigenvalue weighted by Crippen LogP contribution is -2.37. The van der Waals surface area contributed by atoms with Crippen molar-refractivity contribution in [2.45, 2.75) is 19.3 Å². The van der Waals surface area contributed by atoms with Gasteiger partial charge in [0.15, 0.2) is 0 Å². The van der Waals surface area contributed by atoms with Crippen LogP contribution in [-0.2, 0) is 14.3 Å². The summed E-state index contributed by atoms with van der Waals surface area (Å²) < 4.78 is 4.62. The van der Waals surface area contributed by atoms with E-state index in [1.807, 2.05) is 0 Å². The highest BCUT2D eigenvalue weighted by Crippen LogP contribution is 2.52. The van der Waals surface area contributed by atoms with E-state index in [-0.39, 0.29) is 17.7 Å². The first-order valence-corrected chi connectivity index (χ1v) is 7.73. The monoisotopic (exact) mass is 317 g/mol. The van der Waals surface area contributed by atoms with Crippen molar-refractivity contribution in [2.75, 3.05) is 12.4 Å². The fourth-order valence-electron chi connectivity index (χ4n) is 4.06. The van der Waals surface area contributed by atoms with Gasteiger partial charge < -0.3 is 15.2 Å². The maximum Gasteiger partial charge on any atom is 0.337 e. The summed E-state index contributed by atoms with van der Waals surface area (Å²) in [5, 5.41) is 12.2. The third-order valence-electron chi connectivity index (χ3n) is 5.08. The topological polar surface area (TPSA) is 92.7 Å². The minimum atomic E-state index is -0.876. The Labute approximate surface area is 133 Å². The Morgan fingerprint density at radius 1 is 1.09 bits per heavy atom. The highest BCUT2D eigenvalue weighted by atomic mass is 16.5. The van der Waals surface area contributed by atoms with E-state index in [2.05, 4.69) is 10.1 Å². The van der Waals surface area contributed by atoms with E-state index in [1.54, 1.807) is 24.3 Å². The third-order valence-corrected chi connectivity index (χ3v) is 5.08. The average Bonchev–Trinajstić information content (AvgIpc) is 3.15. The number of rotatable bonds is 4. The lowest BCUT2D eigenvalue weighted by atomic mass is 9.78. The molecule has 3 rings (SSSR count). The smallest absolute Gasteiger partial charge is 0.337 e. The van der Waals surface area contributed by atoms with Crippen LogP contribution in [0, 0.1) is 23.7 Å². The Balaban J connectivity index is 1.71. The number of hydrogen-bond acceptors (Lipinski definition) is 4. The summed E-state index contributed by atoms with van der Waals surface area (Å²) in [6, 6.07) is 6.37. The number of benzene rings is 1. The van der Waals surface area contributed by atoms with Crippen molar-refractivity contribution in [3.05, 3.63) is 29.8 Å². The number of amides is 1. The van der Waals surface area contributed by atoms with Crippen LogP contribution in [0.25, 0.3) is 0 Å². The molecule has 0 radical (unpaired) electrons. The first kappa shape index (κ1) is 15.5. The van der Waals surface area contributed by atoms with Gasteiger partial charge in [-0.25, -0.2) is 4.79 Å². The van der Waals surface area contributed by atoms with Gasteiger partial charge in [-0.2, -0.15) is 0 Å². The Morgan fingerprint density at radius 2 is 1.70 bits per heavy atom. The zero-order chi connectivity index (χ0) is 16.6. The minimum Gasteiger partial charge on any atom is -0.481 e. The second kappa shape index (κ2) is 6.02. The predicted octanol–water partition coefficient (Wildman–Crippen LogP) is 2.16. The van der Waals surface area contributed by atoms with Gasteiger partial charge in [-0.05, 0) is 55.4 Å². The lowest BCUT2D eigenvalue weighted by molar-refractivity contribution is -0.148. The molecule has 122 valence electrons. The van der Waals surface area contributed by atoms with Crippen molar-refractivity contribution in [1.29, 1.82) is 0 Å². The van der Waals surface area contributed by atoms with E-state index in [4.69, 9.17) is 0 Å². The number of hydrogen-bond donors (Lipinski definition) is 2. The molecular weight excluding hydrogens is 298 g/mol. The quantitative estimate of drug-likeness (QED) is 0.830. The van der Waals surface area contributed by atoms with E-state index in [0.717, 1.165) is 19.3 Å². The van der Waals surface area contributed by atoms with E-state index < -0.39 is 23.8 Å². The number of carboxylic acids is 1. The molecule has 1 aromatic carbocycles. The van der Waals surface area contributed by atoms with Crippen LogP contribution in [0.4, 0.5) is 5.69 Å². The first-order chi connectivity index (χ1) is 11.0. The van der Waals surface area contributed by atoms with Gasteiger partial charge in [0.25, 0.3) is 0 Å². The van der Waals surface area contributed by atoms with Crippen LogP contribution < -0.4 is 5.32 Å². The number of esters is 1. The molecule has 4 atom stereocenters. The Bertz CT molecular complexity index is 639. The van der Waals surface area contributed by atoms with Gasteiger partial charge in [0.2, 0.25) is 5.91 Å². The second-order valence-corrected chi connectivity index (χ2v) is 6.28. The summed E-state index contributed by atoms with van der Waals surface area (Å²) >= 11 is 0. The maximum atomic E-state index is 12.5. The number of aliphatic carboxylic acids is 1. The Hall–Kier alpha value is -2.37. The SMILES string of the molecule is COC(=O)c1ccc(NC(=O)[C@@H]2[C@@H]3CC[C@@H](C3)[C@@H]2C(=O)O)cc1. The van der Waals surface area contributed by atoms with Gasteiger partial charge in [0, 0.05) is 5.69 Å². The summed E-state index contributed by atoms with van der Waals surface area (Å²) in [7, 11) is 1.30.